The molecular weight excluding hydrogens is 212 g/mol. The first kappa shape index (κ1) is 16.4. The Bertz CT molecular complexity index is 195. The van der Waals surface area contributed by atoms with Crippen molar-refractivity contribution in [2.24, 2.45) is 5.73 Å². The molecule has 0 aliphatic heterocycles. The molecule has 1 amide bonds. The van der Waals surface area contributed by atoms with Crippen LogP contribution >= 0.6 is 0 Å². The fraction of sp³-hybridized carbons (Fsp3) is 0.929. The average molecular weight is 242 g/mol. The van der Waals surface area contributed by atoms with Crippen LogP contribution in [0.4, 0.5) is 0 Å². The van der Waals surface area contributed by atoms with Crippen molar-refractivity contribution in [3.05, 3.63) is 0 Å². The number of carbonyl (C=O) groups is 1. The zero-order chi connectivity index (χ0) is 13.1. The largest absolute Gasteiger partial charge is 0.352 e. The summed E-state index contributed by atoms with van der Waals surface area (Å²) in [4.78, 5) is 11.7. The maximum absolute atomic E-state index is 11.7. The van der Waals surface area contributed by atoms with Crippen LogP contribution in [0, 0.1) is 0 Å². The maximum Gasteiger partial charge on any atom is 0.237 e. The van der Waals surface area contributed by atoms with E-state index in [1.54, 1.807) is 0 Å². The van der Waals surface area contributed by atoms with Crippen LogP contribution < -0.4 is 11.1 Å². The Labute approximate surface area is 107 Å². The van der Waals surface area contributed by atoms with Crippen molar-refractivity contribution in [1.82, 2.24) is 5.32 Å². The summed E-state index contributed by atoms with van der Waals surface area (Å²) in [7, 11) is 0. The molecule has 0 aromatic rings. The van der Waals surface area contributed by atoms with Gasteiger partial charge in [-0.15, -0.1) is 0 Å². The molecule has 0 radical (unpaired) electrons. The lowest BCUT2D eigenvalue weighted by molar-refractivity contribution is -0.123. The zero-order valence-electron chi connectivity index (χ0n) is 11.8. The Morgan fingerprint density at radius 3 is 2.29 bits per heavy atom. The molecule has 17 heavy (non-hydrogen) atoms. The lowest BCUT2D eigenvalue weighted by atomic mass is 10.1. The van der Waals surface area contributed by atoms with Gasteiger partial charge >= 0.3 is 0 Å². The van der Waals surface area contributed by atoms with Gasteiger partial charge in [-0.3, -0.25) is 4.79 Å². The number of carbonyl (C=O) groups excluding carboxylic acids is 1. The lowest BCUT2D eigenvalue weighted by Gasteiger charge is -2.17. The van der Waals surface area contributed by atoms with Gasteiger partial charge in [-0.1, -0.05) is 52.4 Å². The van der Waals surface area contributed by atoms with E-state index in [1.165, 1.54) is 25.7 Å². The van der Waals surface area contributed by atoms with Crippen LogP contribution in [-0.2, 0) is 4.79 Å². The van der Waals surface area contributed by atoms with Gasteiger partial charge < -0.3 is 11.1 Å². The Kier molecular flexibility index (Phi) is 10.2. The van der Waals surface area contributed by atoms with Gasteiger partial charge in [0.1, 0.15) is 0 Å². The second-order valence-corrected chi connectivity index (χ2v) is 5.01. The monoisotopic (exact) mass is 242 g/mol. The first-order valence-corrected chi connectivity index (χ1v) is 7.17. The molecule has 0 aromatic heterocycles. The van der Waals surface area contributed by atoms with Crippen LogP contribution in [0.5, 0.6) is 0 Å². The Balaban J connectivity index is 3.63. The number of unbranched alkanes of at least 4 members (excludes halogenated alkanes) is 4. The summed E-state index contributed by atoms with van der Waals surface area (Å²) >= 11 is 0. The van der Waals surface area contributed by atoms with Gasteiger partial charge in [-0.05, 0) is 19.8 Å². The van der Waals surface area contributed by atoms with Crippen LogP contribution in [0.25, 0.3) is 0 Å². The smallest absolute Gasteiger partial charge is 0.237 e. The summed E-state index contributed by atoms with van der Waals surface area (Å²) in [5, 5.41) is 3.00. The Hall–Kier alpha value is -0.570. The summed E-state index contributed by atoms with van der Waals surface area (Å²) in [5.41, 5.74) is 5.82. The number of rotatable bonds is 10. The molecule has 0 spiro atoms. The SMILES string of the molecule is CCCCCCC(C)NC(=O)C(N)CCCC. The summed E-state index contributed by atoms with van der Waals surface area (Å²) in [6, 6.07) is -0.0694. The van der Waals surface area contributed by atoms with E-state index in [0.717, 1.165) is 25.7 Å². The molecule has 0 saturated heterocycles. The molecule has 3 heteroatoms. The predicted octanol–water partition coefficient (Wildman–Crippen LogP) is 2.98. The van der Waals surface area contributed by atoms with Gasteiger partial charge in [0.15, 0.2) is 0 Å². The fourth-order valence-electron chi connectivity index (χ4n) is 1.85. The maximum atomic E-state index is 11.7. The van der Waals surface area contributed by atoms with E-state index in [-0.39, 0.29) is 18.0 Å². The average Bonchev–Trinajstić information content (AvgIpc) is 2.31. The number of hydrogen-bond acceptors (Lipinski definition) is 2. The Morgan fingerprint density at radius 1 is 1.06 bits per heavy atom. The van der Waals surface area contributed by atoms with E-state index < -0.39 is 0 Å². The molecule has 0 aliphatic carbocycles. The van der Waals surface area contributed by atoms with Crippen molar-refractivity contribution in [2.75, 3.05) is 0 Å². The van der Waals surface area contributed by atoms with Gasteiger partial charge in [0.05, 0.1) is 6.04 Å². The minimum Gasteiger partial charge on any atom is -0.352 e. The normalized spacial score (nSPS) is 14.4. The van der Waals surface area contributed by atoms with E-state index >= 15 is 0 Å². The fourth-order valence-corrected chi connectivity index (χ4v) is 1.85. The van der Waals surface area contributed by atoms with Crippen molar-refractivity contribution in [1.29, 1.82) is 0 Å². The number of nitrogens with one attached hydrogen (secondary N) is 1. The predicted molar refractivity (Wildman–Crippen MR) is 73.9 cm³/mol. The van der Waals surface area contributed by atoms with Gasteiger partial charge in [0.2, 0.25) is 5.91 Å². The number of hydrogen-bond donors (Lipinski definition) is 2. The van der Waals surface area contributed by atoms with Gasteiger partial charge in [0.25, 0.3) is 0 Å². The van der Waals surface area contributed by atoms with Gasteiger partial charge in [-0.2, -0.15) is 0 Å². The van der Waals surface area contributed by atoms with Crippen molar-refractivity contribution in [2.45, 2.75) is 84.2 Å². The van der Waals surface area contributed by atoms with Crippen LogP contribution in [-0.4, -0.2) is 18.0 Å². The van der Waals surface area contributed by atoms with Crippen molar-refractivity contribution in [3.63, 3.8) is 0 Å². The second kappa shape index (κ2) is 10.6. The van der Waals surface area contributed by atoms with E-state index in [9.17, 15) is 4.79 Å². The summed E-state index contributed by atoms with van der Waals surface area (Å²) in [6.45, 7) is 6.38. The molecule has 0 rings (SSSR count). The molecule has 2 unspecified atom stereocenters. The third-order valence-corrected chi connectivity index (χ3v) is 3.08. The van der Waals surface area contributed by atoms with E-state index in [4.69, 9.17) is 5.73 Å². The summed E-state index contributed by atoms with van der Waals surface area (Å²) in [6.07, 6.45) is 8.97. The van der Waals surface area contributed by atoms with E-state index in [1.807, 2.05) is 0 Å². The number of amides is 1. The first-order chi connectivity index (χ1) is 8.11. The summed E-state index contributed by atoms with van der Waals surface area (Å²) < 4.78 is 0. The highest BCUT2D eigenvalue weighted by molar-refractivity contribution is 5.81. The molecule has 0 saturated carbocycles. The van der Waals surface area contributed by atoms with Crippen LogP contribution in [0.15, 0.2) is 0 Å². The van der Waals surface area contributed by atoms with Crippen LogP contribution in [0.2, 0.25) is 0 Å². The molecule has 102 valence electrons. The number of nitrogens with two attached hydrogens (primary N) is 1. The lowest BCUT2D eigenvalue weighted by Crippen LogP contribution is -2.44. The minimum absolute atomic E-state index is 0.0152. The molecular formula is C14H30N2O. The molecule has 0 bridgehead atoms. The Morgan fingerprint density at radius 2 is 1.71 bits per heavy atom. The third kappa shape index (κ3) is 9.16. The van der Waals surface area contributed by atoms with E-state index in [0.29, 0.717) is 0 Å². The summed E-state index contributed by atoms with van der Waals surface area (Å²) in [5.74, 6) is 0.0152. The first-order valence-electron chi connectivity index (χ1n) is 7.17. The van der Waals surface area contributed by atoms with Gasteiger partial charge in [0, 0.05) is 6.04 Å². The molecule has 0 fully saturated rings. The standard InChI is InChI=1S/C14H30N2O/c1-4-6-8-9-10-12(3)16-14(17)13(15)11-7-5-2/h12-13H,4-11,15H2,1-3H3,(H,16,17). The second-order valence-electron chi connectivity index (χ2n) is 5.01. The highest BCUT2D eigenvalue weighted by Crippen LogP contribution is 2.06. The highest BCUT2D eigenvalue weighted by atomic mass is 16.2. The molecule has 0 aromatic carbocycles. The third-order valence-electron chi connectivity index (χ3n) is 3.08. The molecule has 0 aliphatic rings. The zero-order valence-corrected chi connectivity index (χ0v) is 11.8. The topological polar surface area (TPSA) is 55.1 Å². The molecule has 0 heterocycles. The quantitative estimate of drug-likeness (QED) is 0.579. The molecule has 3 nitrogen and oxygen atoms in total. The molecule has 3 N–H and O–H groups in total. The van der Waals surface area contributed by atoms with Crippen molar-refractivity contribution in [3.8, 4) is 0 Å². The van der Waals surface area contributed by atoms with Crippen LogP contribution in [0.3, 0.4) is 0 Å². The molecule has 2 atom stereocenters. The van der Waals surface area contributed by atoms with Gasteiger partial charge in [-0.25, -0.2) is 0 Å². The van der Waals surface area contributed by atoms with Crippen molar-refractivity contribution >= 4 is 5.91 Å². The van der Waals surface area contributed by atoms with Crippen LogP contribution in [0.1, 0.15) is 72.1 Å². The van der Waals surface area contributed by atoms with Crippen molar-refractivity contribution < 1.29 is 4.79 Å². The highest BCUT2D eigenvalue weighted by Gasteiger charge is 2.14. The van der Waals surface area contributed by atoms with E-state index in [2.05, 4.69) is 26.1 Å². The minimum atomic E-state index is -0.326.